The standard InChI is InChI=1S/C23H27N3O2/c27-23(24-12-14-28-15-13-24)20-16-18-6-4-5-9-21(18)26-11-10-25(17-22(20)26)19-7-2-1-3-8-19/h1-9,20,22H,10-17H2. The molecule has 0 bridgehead atoms. The minimum absolute atomic E-state index is 0.000452. The number of ether oxygens (including phenoxy) is 1. The Morgan fingerprint density at radius 3 is 2.46 bits per heavy atom. The third kappa shape index (κ3) is 3.14. The molecule has 3 heterocycles. The van der Waals surface area contributed by atoms with Crippen LogP contribution in [0.5, 0.6) is 0 Å². The van der Waals surface area contributed by atoms with E-state index in [4.69, 9.17) is 4.74 Å². The molecule has 28 heavy (non-hydrogen) atoms. The fourth-order valence-corrected chi connectivity index (χ4v) is 4.93. The maximum atomic E-state index is 13.5. The van der Waals surface area contributed by atoms with Crippen LogP contribution in [0.4, 0.5) is 11.4 Å². The monoisotopic (exact) mass is 377 g/mol. The van der Waals surface area contributed by atoms with E-state index in [2.05, 4.69) is 64.4 Å². The number of para-hydroxylation sites is 2. The van der Waals surface area contributed by atoms with Crippen LogP contribution in [0.1, 0.15) is 5.56 Å². The summed E-state index contributed by atoms with van der Waals surface area (Å²) in [6.07, 6.45) is 0.830. The van der Waals surface area contributed by atoms with E-state index in [0.717, 1.165) is 26.1 Å². The molecule has 2 aromatic rings. The van der Waals surface area contributed by atoms with Crippen LogP contribution >= 0.6 is 0 Å². The lowest BCUT2D eigenvalue weighted by Gasteiger charge is -2.50. The van der Waals surface area contributed by atoms with Crippen molar-refractivity contribution in [1.29, 1.82) is 0 Å². The van der Waals surface area contributed by atoms with Gasteiger partial charge in [-0.05, 0) is 30.2 Å². The summed E-state index contributed by atoms with van der Waals surface area (Å²) in [5, 5.41) is 0. The molecule has 0 radical (unpaired) electrons. The van der Waals surface area contributed by atoms with Crippen molar-refractivity contribution in [2.24, 2.45) is 5.92 Å². The molecule has 5 nitrogen and oxygen atoms in total. The van der Waals surface area contributed by atoms with Gasteiger partial charge < -0.3 is 19.4 Å². The Bertz CT molecular complexity index is 835. The third-order valence-corrected chi connectivity index (χ3v) is 6.39. The molecule has 5 rings (SSSR count). The van der Waals surface area contributed by atoms with Crippen molar-refractivity contribution in [3.63, 3.8) is 0 Å². The molecule has 2 atom stereocenters. The zero-order valence-electron chi connectivity index (χ0n) is 16.2. The van der Waals surface area contributed by atoms with Crippen LogP contribution in [-0.2, 0) is 16.0 Å². The molecule has 2 fully saturated rings. The molecule has 0 aliphatic carbocycles. The van der Waals surface area contributed by atoms with Crippen molar-refractivity contribution in [3.8, 4) is 0 Å². The average molecular weight is 377 g/mol. The Morgan fingerprint density at radius 1 is 0.893 bits per heavy atom. The SMILES string of the molecule is O=C(C1Cc2ccccc2N2CCN(c3ccccc3)CC12)N1CCOCC1. The van der Waals surface area contributed by atoms with E-state index in [1.54, 1.807) is 0 Å². The molecular weight excluding hydrogens is 350 g/mol. The van der Waals surface area contributed by atoms with Crippen LogP contribution < -0.4 is 9.80 Å². The first-order valence-electron chi connectivity index (χ1n) is 10.3. The smallest absolute Gasteiger partial charge is 0.228 e. The number of benzene rings is 2. The molecule has 2 saturated heterocycles. The van der Waals surface area contributed by atoms with Gasteiger partial charge in [-0.1, -0.05) is 36.4 Å². The first-order valence-corrected chi connectivity index (χ1v) is 10.3. The Morgan fingerprint density at radius 2 is 1.64 bits per heavy atom. The van der Waals surface area contributed by atoms with Gasteiger partial charge in [0.25, 0.3) is 0 Å². The maximum absolute atomic E-state index is 13.5. The Balaban J connectivity index is 1.46. The molecule has 0 saturated carbocycles. The Kier molecular flexibility index (Phi) is 4.69. The summed E-state index contributed by atoms with van der Waals surface area (Å²) in [6.45, 7) is 5.55. The molecule has 0 N–H and O–H groups in total. The van der Waals surface area contributed by atoms with Gasteiger partial charge in [0.05, 0.1) is 25.2 Å². The molecule has 3 aliphatic heterocycles. The van der Waals surface area contributed by atoms with Gasteiger partial charge in [0.2, 0.25) is 5.91 Å². The highest BCUT2D eigenvalue weighted by Gasteiger charge is 2.43. The number of piperazine rings is 1. The number of hydrogen-bond donors (Lipinski definition) is 0. The molecule has 5 heteroatoms. The molecule has 146 valence electrons. The number of carbonyl (C=O) groups is 1. The lowest BCUT2D eigenvalue weighted by Crippen LogP contribution is -2.62. The molecule has 1 amide bonds. The van der Waals surface area contributed by atoms with E-state index in [-0.39, 0.29) is 12.0 Å². The second-order valence-electron chi connectivity index (χ2n) is 7.92. The van der Waals surface area contributed by atoms with Gasteiger partial charge in [-0.25, -0.2) is 0 Å². The highest BCUT2D eigenvalue weighted by atomic mass is 16.5. The van der Waals surface area contributed by atoms with Gasteiger partial charge in [0.15, 0.2) is 0 Å². The zero-order valence-corrected chi connectivity index (χ0v) is 16.2. The van der Waals surface area contributed by atoms with Crippen molar-refractivity contribution >= 4 is 17.3 Å². The van der Waals surface area contributed by atoms with Gasteiger partial charge >= 0.3 is 0 Å². The maximum Gasteiger partial charge on any atom is 0.228 e. The summed E-state index contributed by atoms with van der Waals surface area (Å²) in [6, 6.07) is 19.4. The summed E-state index contributed by atoms with van der Waals surface area (Å²) >= 11 is 0. The average Bonchev–Trinajstić information content (AvgIpc) is 2.79. The van der Waals surface area contributed by atoms with Crippen LogP contribution in [-0.4, -0.2) is 62.8 Å². The topological polar surface area (TPSA) is 36.0 Å². The number of hydrogen-bond acceptors (Lipinski definition) is 4. The van der Waals surface area contributed by atoms with Crippen LogP contribution in [0.15, 0.2) is 54.6 Å². The van der Waals surface area contributed by atoms with Crippen LogP contribution in [0, 0.1) is 5.92 Å². The molecule has 2 aromatic carbocycles. The summed E-state index contributed by atoms with van der Waals surface area (Å²) in [5.41, 5.74) is 3.86. The summed E-state index contributed by atoms with van der Waals surface area (Å²) in [5.74, 6) is 0.294. The van der Waals surface area contributed by atoms with Crippen LogP contribution in [0.3, 0.4) is 0 Å². The van der Waals surface area contributed by atoms with Crippen molar-refractivity contribution in [2.45, 2.75) is 12.5 Å². The predicted octanol–water partition coefficient (Wildman–Crippen LogP) is 2.41. The fraction of sp³-hybridized carbons (Fsp3) is 0.435. The Labute approximate surface area is 166 Å². The van der Waals surface area contributed by atoms with Gasteiger partial charge in [0, 0.05) is 44.1 Å². The normalized spacial score (nSPS) is 24.5. The fourth-order valence-electron chi connectivity index (χ4n) is 4.93. The summed E-state index contributed by atoms with van der Waals surface area (Å²) in [7, 11) is 0. The first kappa shape index (κ1) is 17.6. The van der Waals surface area contributed by atoms with E-state index in [9.17, 15) is 4.79 Å². The van der Waals surface area contributed by atoms with Gasteiger partial charge in [-0.2, -0.15) is 0 Å². The van der Waals surface area contributed by atoms with Gasteiger partial charge in [-0.15, -0.1) is 0 Å². The minimum Gasteiger partial charge on any atom is -0.378 e. The first-order chi connectivity index (χ1) is 13.8. The minimum atomic E-state index is -0.000452. The summed E-state index contributed by atoms with van der Waals surface area (Å²) in [4.78, 5) is 20.4. The number of fused-ring (bicyclic) bond motifs is 3. The van der Waals surface area contributed by atoms with Crippen molar-refractivity contribution in [2.75, 3.05) is 55.7 Å². The van der Waals surface area contributed by atoms with Crippen molar-refractivity contribution in [1.82, 2.24) is 4.90 Å². The number of anilines is 2. The zero-order chi connectivity index (χ0) is 18.9. The van der Waals surface area contributed by atoms with Gasteiger partial charge in [0.1, 0.15) is 0 Å². The van der Waals surface area contributed by atoms with Crippen LogP contribution in [0.25, 0.3) is 0 Å². The molecule has 0 spiro atoms. The molecule has 2 unspecified atom stereocenters. The predicted molar refractivity (Wildman–Crippen MR) is 111 cm³/mol. The van der Waals surface area contributed by atoms with E-state index in [0.29, 0.717) is 32.2 Å². The van der Waals surface area contributed by atoms with Crippen LogP contribution in [0.2, 0.25) is 0 Å². The number of carbonyl (C=O) groups excluding carboxylic acids is 1. The summed E-state index contributed by atoms with van der Waals surface area (Å²) < 4.78 is 5.46. The quantitative estimate of drug-likeness (QED) is 0.805. The highest BCUT2D eigenvalue weighted by Crippen LogP contribution is 2.37. The Hall–Kier alpha value is -2.53. The lowest BCUT2D eigenvalue weighted by molar-refractivity contribution is -0.140. The van der Waals surface area contributed by atoms with E-state index >= 15 is 0 Å². The van der Waals surface area contributed by atoms with E-state index < -0.39 is 0 Å². The van der Waals surface area contributed by atoms with E-state index in [1.807, 2.05) is 4.90 Å². The number of nitrogens with zero attached hydrogens (tertiary/aromatic N) is 3. The number of rotatable bonds is 2. The second-order valence-corrected chi connectivity index (χ2v) is 7.92. The highest BCUT2D eigenvalue weighted by molar-refractivity contribution is 5.82. The van der Waals surface area contributed by atoms with Gasteiger partial charge in [-0.3, -0.25) is 4.79 Å². The number of amides is 1. The molecule has 0 aromatic heterocycles. The number of morpholine rings is 1. The molecule has 3 aliphatic rings. The van der Waals surface area contributed by atoms with E-state index in [1.165, 1.54) is 16.9 Å². The van der Waals surface area contributed by atoms with Crippen molar-refractivity contribution in [3.05, 3.63) is 60.2 Å². The second kappa shape index (κ2) is 7.47. The lowest BCUT2D eigenvalue weighted by atomic mass is 9.83. The largest absolute Gasteiger partial charge is 0.378 e. The van der Waals surface area contributed by atoms with Crippen molar-refractivity contribution < 1.29 is 9.53 Å². The third-order valence-electron chi connectivity index (χ3n) is 6.39. The molecular formula is C23H27N3O2.